The van der Waals surface area contributed by atoms with Gasteiger partial charge in [-0.2, -0.15) is 0 Å². The quantitative estimate of drug-likeness (QED) is 0.152. The van der Waals surface area contributed by atoms with Gasteiger partial charge in [-0.25, -0.2) is 0 Å². The molecule has 9 aromatic rings. The van der Waals surface area contributed by atoms with E-state index in [1.165, 1.54) is 134 Å². The number of aryl methyl sites for hydroxylation is 1. The van der Waals surface area contributed by atoms with Crippen molar-refractivity contribution in [3.63, 3.8) is 0 Å². The first-order valence-electron chi connectivity index (χ1n) is 22.4. The van der Waals surface area contributed by atoms with E-state index in [1.54, 1.807) is 0 Å². The summed E-state index contributed by atoms with van der Waals surface area (Å²) in [6, 6.07) is 61.1. The molecule has 4 heterocycles. The average Bonchev–Trinajstić information content (AvgIpc) is 3.82. The lowest BCUT2D eigenvalue weighted by Crippen LogP contribution is -2.63. The molecule has 0 saturated carbocycles. The summed E-state index contributed by atoms with van der Waals surface area (Å²) in [4.78, 5) is 5.49. The lowest BCUT2D eigenvalue weighted by atomic mass is 9.42. The summed E-state index contributed by atoms with van der Waals surface area (Å²) in [5.74, 6) is 0. The molecule has 296 valence electrons. The molecular formula is C58H45BN2S. The van der Waals surface area contributed by atoms with Gasteiger partial charge >= 0.3 is 6.85 Å². The van der Waals surface area contributed by atoms with Crippen molar-refractivity contribution in [1.82, 2.24) is 0 Å². The highest BCUT2D eigenvalue weighted by molar-refractivity contribution is 7.26. The van der Waals surface area contributed by atoms with Crippen LogP contribution in [0.15, 0.2) is 158 Å². The predicted molar refractivity (Wildman–Crippen MR) is 264 cm³/mol. The smallest absolute Gasteiger partial charge is 0.334 e. The molecule has 0 amide bonds. The fourth-order valence-electron chi connectivity index (χ4n) is 12.9. The zero-order valence-electron chi connectivity index (χ0n) is 35.8. The molecule has 14 rings (SSSR count). The third-order valence-corrected chi connectivity index (χ3v) is 17.0. The van der Waals surface area contributed by atoms with Gasteiger partial charge < -0.3 is 9.71 Å². The molecule has 1 aromatic heterocycles. The number of rotatable bonds is 1. The van der Waals surface area contributed by atoms with Gasteiger partial charge in [0.2, 0.25) is 0 Å². The van der Waals surface area contributed by atoms with E-state index < -0.39 is 5.41 Å². The molecule has 0 fully saturated rings. The molecular weight excluding hydrogens is 768 g/mol. The van der Waals surface area contributed by atoms with Crippen molar-refractivity contribution < 1.29 is 0 Å². The normalized spacial score (nSPS) is 17.3. The van der Waals surface area contributed by atoms with Crippen LogP contribution in [0.2, 0.25) is 0 Å². The minimum atomic E-state index is -0.475. The summed E-state index contributed by atoms with van der Waals surface area (Å²) in [5.41, 5.74) is 22.9. The molecule has 2 aliphatic carbocycles. The van der Waals surface area contributed by atoms with Gasteiger partial charge in [0.05, 0.1) is 16.1 Å². The summed E-state index contributed by atoms with van der Waals surface area (Å²) < 4.78 is 1.33. The van der Waals surface area contributed by atoms with Crippen molar-refractivity contribution in [2.75, 3.05) is 9.71 Å². The van der Waals surface area contributed by atoms with Crippen LogP contribution in [0, 0.1) is 6.92 Å². The van der Waals surface area contributed by atoms with Crippen molar-refractivity contribution >= 4 is 77.7 Å². The first-order valence-corrected chi connectivity index (χ1v) is 23.2. The number of hydrogen-bond acceptors (Lipinski definition) is 3. The second-order valence-corrected chi connectivity index (χ2v) is 20.9. The standard InChI is InChI=1S/C58H45BN2S/c1-34-31-45-46(57(4,5)30-29-56(45,2)3)33-48(34)60-49-32-35-17-6-7-18-36(35)51-40-22-16-26-44-54(40)61(59(53(49)51)52-39-21-10-15-28-50(39)62-55(52)60)47-27-14-13-25-43(47)58(44)41-23-11-8-19-37(41)38-20-9-12-24-42(38)58/h6-28,31-33H,29-30H2,1-5H3. The third kappa shape index (κ3) is 4.13. The first kappa shape index (κ1) is 35.3. The summed E-state index contributed by atoms with van der Waals surface area (Å²) in [6.07, 6.45) is 2.38. The monoisotopic (exact) mass is 812 g/mol. The van der Waals surface area contributed by atoms with Crippen molar-refractivity contribution in [2.24, 2.45) is 0 Å². The number of thiophene rings is 1. The van der Waals surface area contributed by atoms with Crippen LogP contribution in [0.4, 0.5) is 27.8 Å². The lowest BCUT2D eigenvalue weighted by molar-refractivity contribution is 0.332. The minimum Gasteiger partial charge on any atom is -0.376 e. The van der Waals surface area contributed by atoms with Crippen LogP contribution in [-0.4, -0.2) is 6.85 Å². The fraction of sp³-hybridized carbons (Fsp3) is 0.172. The minimum absolute atomic E-state index is 0.0562. The molecule has 1 spiro atoms. The number of benzene rings is 8. The molecule has 62 heavy (non-hydrogen) atoms. The van der Waals surface area contributed by atoms with Crippen LogP contribution >= 0.6 is 11.3 Å². The molecule has 0 N–H and O–H groups in total. The molecule has 4 heteroatoms. The molecule has 5 aliphatic rings. The zero-order chi connectivity index (χ0) is 41.4. The Hall–Kier alpha value is -6.36. The van der Waals surface area contributed by atoms with Gasteiger partial charge in [0.25, 0.3) is 0 Å². The van der Waals surface area contributed by atoms with E-state index in [9.17, 15) is 0 Å². The first-order chi connectivity index (χ1) is 30.2. The fourth-order valence-corrected chi connectivity index (χ4v) is 14.2. The predicted octanol–water partition coefficient (Wildman–Crippen LogP) is 14.1. The highest BCUT2D eigenvalue weighted by Crippen LogP contribution is 2.65. The highest BCUT2D eigenvalue weighted by Gasteiger charge is 2.57. The molecule has 2 nitrogen and oxygen atoms in total. The number of anilines is 5. The van der Waals surface area contributed by atoms with Gasteiger partial charge in [-0.1, -0.05) is 161 Å². The summed E-state index contributed by atoms with van der Waals surface area (Å²) in [7, 11) is 0. The second kappa shape index (κ2) is 11.8. The van der Waals surface area contributed by atoms with Crippen LogP contribution in [0.5, 0.6) is 0 Å². The van der Waals surface area contributed by atoms with Crippen LogP contribution in [0.25, 0.3) is 43.1 Å². The molecule has 3 aliphatic heterocycles. The second-order valence-electron chi connectivity index (χ2n) is 19.8. The van der Waals surface area contributed by atoms with E-state index in [1.807, 2.05) is 11.3 Å². The van der Waals surface area contributed by atoms with Gasteiger partial charge in [-0.3, -0.25) is 0 Å². The summed E-state index contributed by atoms with van der Waals surface area (Å²) in [5, 5.41) is 5.27. The molecule has 0 saturated heterocycles. The Labute approximate surface area is 368 Å². The third-order valence-electron chi connectivity index (χ3n) is 15.8. The Morgan fingerprint density at radius 2 is 1.10 bits per heavy atom. The molecule has 0 unspecified atom stereocenters. The molecule has 8 aromatic carbocycles. The molecule has 0 bridgehead atoms. The van der Waals surface area contributed by atoms with Crippen LogP contribution in [0.1, 0.15) is 79.5 Å². The van der Waals surface area contributed by atoms with Gasteiger partial charge in [-0.05, 0) is 138 Å². The van der Waals surface area contributed by atoms with Gasteiger partial charge in [0.1, 0.15) is 0 Å². The number of fused-ring (bicyclic) bond motifs is 18. The van der Waals surface area contributed by atoms with Crippen LogP contribution in [-0.2, 0) is 16.2 Å². The van der Waals surface area contributed by atoms with E-state index in [4.69, 9.17) is 0 Å². The number of hydrogen-bond donors (Lipinski definition) is 0. The van der Waals surface area contributed by atoms with Crippen molar-refractivity contribution in [3.8, 4) is 22.3 Å². The van der Waals surface area contributed by atoms with Crippen molar-refractivity contribution in [2.45, 2.75) is 63.7 Å². The Morgan fingerprint density at radius 1 is 0.500 bits per heavy atom. The maximum atomic E-state index is 2.79. The maximum Gasteiger partial charge on any atom is 0.334 e. The SMILES string of the molecule is Cc1cc2c(cc1N1c3cc4ccccc4c4c3B(c3c1sc1ccccc31)N1c3ccccc3C3(c5ccccc5-c5ccccc53)c3cccc-4c31)C(C)(C)CCC2(C)C. The molecule has 0 atom stereocenters. The highest BCUT2D eigenvalue weighted by atomic mass is 32.1. The number of nitrogens with zero attached hydrogens (tertiary/aromatic N) is 2. The largest absolute Gasteiger partial charge is 0.376 e. The average molecular weight is 813 g/mol. The van der Waals surface area contributed by atoms with Crippen LogP contribution in [0.3, 0.4) is 0 Å². The Morgan fingerprint density at radius 3 is 1.85 bits per heavy atom. The van der Waals surface area contributed by atoms with Gasteiger partial charge in [0, 0.05) is 27.3 Å². The topological polar surface area (TPSA) is 6.48 Å². The van der Waals surface area contributed by atoms with E-state index >= 15 is 0 Å². The van der Waals surface area contributed by atoms with E-state index in [-0.39, 0.29) is 17.7 Å². The van der Waals surface area contributed by atoms with E-state index in [0.717, 1.165) is 0 Å². The van der Waals surface area contributed by atoms with E-state index in [2.05, 4.69) is 202 Å². The lowest BCUT2D eigenvalue weighted by Gasteiger charge is -2.52. The summed E-state index contributed by atoms with van der Waals surface area (Å²) >= 11 is 1.96. The Kier molecular flexibility index (Phi) is 6.69. The van der Waals surface area contributed by atoms with Gasteiger partial charge in [0.15, 0.2) is 0 Å². The van der Waals surface area contributed by atoms with Gasteiger partial charge in [-0.15, -0.1) is 11.3 Å². The maximum absolute atomic E-state index is 2.79. The van der Waals surface area contributed by atoms with Crippen LogP contribution < -0.4 is 20.6 Å². The van der Waals surface area contributed by atoms with Crippen molar-refractivity contribution in [1.29, 1.82) is 0 Å². The summed E-state index contributed by atoms with van der Waals surface area (Å²) in [6.45, 7) is 12.1. The zero-order valence-corrected chi connectivity index (χ0v) is 36.6. The van der Waals surface area contributed by atoms with Crippen molar-refractivity contribution in [3.05, 3.63) is 197 Å². The Balaban J connectivity index is 1.16. The number of para-hydroxylation sites is 2. The Bertz CT molecular complexity index is 3430. The van der Waals surface area contributed by atoms with E-state index in [0.29, 0.717) is 0 Å². The molecule has 0 radical (unpaired) electrons.